The lowest BCUT2D eigenvalue weighted by Gasteiger charge is -2.47. The Morgan fingerprint density at radius 2 is 1.90 bits per heavy atom. The van der Waals surface area contributed by atoms with Crippen molar-refractivity contribution in [3.05, 3.63) is 0 Å². The molecule has 1 aliphatic carbocycles. The number of hydrogen-bond acceptors (Lipinski definition) is 2. The second-order valence-electron chi connectivity index (χ2n) is 7.86. The molecule has 4 atom stereocenters. The molecule has 0 aromatic heterocycles. The molecule has 2 nitrogen and oxygen atoms in total. The fraction of sp³-hybridized carbons (Fsp3) is 1.00. The maximum Gasteiger partial charge on any atom is 0.0141 e. The van der Waals surface area contributed by atoms with Crippen molar-refractivity contribution in [3.8, 4) is 0 Å². The predicted octanol–water partition coefficient (Wildman–Crippen LogP) is 4.04. The number of nitrogens with two attached hydrogens (primary N) is 1. The largest absolute Gasteiger partial charge is 0.330 e. The van der Waals surface area contributed by atoms with E-state index < -0.39 is 0 Å². The topological polar surface area (TPSA) is 29.3 Å². The van der Waals surface area contributed by atoms with Gasteiger partial charge in [0.2, 0.25) is 0 Å². The van der Waals surface area contributed by atoms with Crippen LogP contribution in [0.5, 0.6) is 0 Å². The lowest BCUT2D eigenvalue weighted by molar-refractivity contribution is 0.0303. The van der Waals surface area contributed by atoms with Gasteiger partial charge >= 0.3 is 0 Å². The van der Waals surface area contributed by atoms with Crippen LogP contribution in [-0.4, -0.2) is 30.1 Å². The van der Waals surface area contributed by atoms with Crippen molar-refractivity contribution in [3.63, 3.8) is 0 Å². The Balaban J connectivity index is 2.10. The monoisotopic (exact) mass is 280 g/mol. The van der Waals surface area contributed by atoms with E-state index in [-0.39, 0.29) is 0 Å². The Morgan fingerprint density at radius 1 is 1.15 bits per heavy atom. The van der Waals surface area contributed by atoms with Crippen LogP contribution < -0.4 is 5.73 Å². The lowest BCUT2D eigenvalue weighted by Crippen LogP contribution is -2.50. The molecule has 1 saturated heterocycles. The average molecular weight is 280 g/mol. The third-order valence-electron chi connectivity index (χ3n) is 6.60. The summed E-state index contributed by atoms with van der Waals surface area (Å²) >= 11 is 0. The normalized spacial score (nSPS) is 36.5. The van der Waals surface area contributed by atoms with Crippen molar-refractivity contribution in [2.45, 2.75) is 84.7 Å². The molecular weight excluding hydrogens is 244 g/mol. The number of rotatable bonds is 5. The molecule has 0 spiro atoms. The number of hydrogen-bond donors (Lipinski definition) is 1. The summed E-state index contributed by atoms with van der Waals surface area (Å²) in [5.74, 6) is 1.63. The summed E-state index contributed by atoms with van der Waals surface area (Å²) in [6.45, 7) is 11.9. The van der Waals surface area contributed by atoms with E-state index in [1.807, 2.05) is 0 Å². The standard InChI is InChI=1S/C18H36N2/c1-5-16-8-7-11-20(16)17-12-15(18(3,4)6-2)10-9-14(17)13-19/h14-17H,5-13,19H2,1-4H3. The first-order chi connectivity index (χ1) is 9.53. The molecule has 20 heavy (non-hydrogen) atoms. The first kappa shape index (κ1) is 16.3. The third kappa shape index (κ3) is 3.22. The molecule has 0 bridgehead atoms. The summed E-state index contributed by atoms with van der Waals surface area (Å²) in [5.41, 5.74) is 6.61. The van der Waals surface area contributed by atoms with Crippen molar-refractivity contribution in [2.24, 2.45) is 23.0 Å². The quantitative estimate of drug-likeness (QED) is 0.823. The van der Waals surface area contributed by atoms with Gasteiger partial charge in [-0.3, -0.25) is 4.90 Å². The first-order valence-electron chi connectivity index (χ1n) is 8.99. The summed E-state index contributed by atoms with van der Waals surface area (Å²) in [7, 11) is 0. The molecule has 2 heteroatoms. The zero-order chi connectivity index (χ0) is 14.8. The second-order valence-corrected chi connectivity index (χ2v) is 7.86. The Kier molecular flexibility index (Phi) is 5.53. The number of nitrogens with zero attached hydrogens (tertiary/aromatic N) is 1. The van der Waals surface area contributed by atoms with E-state index >= 15 is 0 Å². The van der Waals surface area contributed by atoms with Gasteiger partial charge in [0, 0.05) is 12.1 Å². The smallest absolute Gasteiger partial charge is 0.0141 e. The van der Waals surface area contributed by atoms with Crippen LogP contribution in [0.2, 0.25) is 0 Å². The summed E-state index contributed by atoms with van der Waals surface area (Å²) in [4.78, 5) is 2.84. The van der Waals surface area contributed by atoms with Crippen LogP contribution in [0.4, 0.5) is 0 Å². The molecule has 0 amide bonds. The van der Waals surface area contributed by atoms with Gasteiger partial charge in [0.1, 0.15) is 0 Å². The highest BCUT2D eigenvalue weighted by molar-refractivity contribution is 4.95. The summed E-state index contributed by atoms with van der Waals surface area (Å²) in [5, 5.41) is 0. The van der Waals surface area contributed by atoms with Gasteiger partial charge in [0.05, 0.1) is 0 Å². The van der Waals surface area contributed by atoms with Crippen molar-refractivity contribution >= 4 is 0 Å². The van der Waals surface area contributed by atoms with Crippen molar-refractivity contribution in [1.29, 1.82) is 0 Å². The van der Waals surface area contributed by atoms with Gasteiger partial charge in [-0.2, -0.15) is 0 Å². The fourth-order valence-corrected chi connectivity index (χ4v) is 4.62. The van der Waals surface area contributed by atoms with Crippen LogP contribution in [0.3, 0.4) is 0 Å². The first-order valence-corrected chi connectivity index (χ1v) is 8.99. The fourth-order valence-electron chi connectivity index (χ4n) is 4.62. The minimum Gasteiger partial charge on any atom is -0.330 e. The molecule has 2 N–H and O–H groups in total. The zero-order valence-electron chi connectivity index (χ0n) is 14.2. The van der Waals surface area contributed by atoms with E-state index in [1.165, 1.54) is 51.5 Å². The van der Waals surface area contributed by atoms with Crippen LogP contribution in [0.15, 0.2) is 0 Å². The summed E-state index contributed by atoms with van der Waals surface area (Å²) in [6, 6.07) is 1.59. The Bertz CT molecular complexity index is 300. The van der Waals surface area contributed by atoms with Gasteiger partial charge in [-0.25, -0.2) is 0 Å². The van der Waals surface area contributed by atoms with Crippen LogP contribution in [0.25, 0.3) is 0 Å². The van der Waals surface area contributed by atoms with Crippen LogP contribution in [0, 0.1) is 17.3 Å². The summed E-state index contributed by atoms with van der Waals surface area (Å²) < 4.78 is 0. The lowest BCUT2D eigenvalue weighted by atomic mass is 9.65. The van der Waals surface area contributed by atoms with Crippen molar-refractivity contribution in [1.82, 2.24) is 4.90 Å². The zero-order valence-corrected chi connectivity index (χ0v) is 14.2. The molecule has 2 fully saturated rings. The Labute approximate surface area is 126 Å². The molecule has 0 aromatic rings. The molecule has 118 valence electrons. The third-order valence-corrected chi connectivity index (χ3v) is 6.60. The van der Waals surface area contributed by atoms with Gasteiger partial charge in [-0.15, -0.1) is 0 Å². The van der Waals surface area contributed by atoms with E-state index in [4.69, 9.17) is 5.73 Å². The summed E-state index contributed by atoms with van der Waals surface area (Å²) in [6.07, 6.45) is 9.55. The maximum atomic E-state index is 6.11. The maximum absolute atomic E-state index is 6.11. The van der Waals surface area contributed by atoms with Gasteiger partial charge in [0.15, 0.2) is 0 Å². The van der Waals surface area contributed by atoms with Gasteiger partial charge in [-0.05, 0) is 68.9 Å². The molecule has 2 aliphatic rings. The van der Waals surface area contributed by atoms with E-state index in [1.54, 1.807) is 0 Å². The Hall–Kier alpha value is -0.0800. The number of likely N-dealkylation sites (tertiary alicyclic amines) is 1. The van der Waals surface area contributed by atoms with Gasteiger partial charge in [-0.1, -0.05) is 34.1 Å². The molecule has 1 heterocycles. The molecule has 0 aromatic carbocycles. The Morgan fingerprint density at radius 3 is 2.50 bits per heavy atom. The van der Waals surface area contributed by atoms with Crippen LogP contribution in [-0.2, 0) is 0 Å². The minimum absolute atomic E-state index is 0.499. The highest BCUT2D eigenvalue weighted by Gasteiger charge is 2.41. The van der Waals surface area contributed by atoms with Crippen LogP contribution >= 0.6 is 0 Å². The minimum atomic E-state index is 0.499. The van der Waals surface area contributed by atoms with E-state index in [2.05, 4.69) is 32.6 Å². The van der Waals surface area contributed by atoms with Crippen LogP contribution in [0.1, 0.15) is 72.6 Å². The SMILES string of the molecule is CCC1CCCN1C1CC(C(C)(C)CC)CCC1CN. The van der Waals surface area contributed by atoms with Gasteiger partial charge < -0.3 is 5.73 Å². The molecule has 1 saturated carbocycles. The average Bonchev–Trinajstić information content (AvgIpc) is 2.94. The van der Waals surface area contributed by atoms with E-state index in [9.17, 15) is 0 Å². The van der Waals surface area contributed by atoms with E-state index in [0.717, 1.165) is 30.5 Å². The molecular formula is C18H36N2. The second kappa shape index (κ2) is 6.79. The molecule has 4 unspecified atom stereocenters. The molecule has 1 aliphatic heterocycles. The van der Waals surface area contributed by atoms with E-state index in [0.29, 0.717) is 5.41 Å². The predicted molar refractivity (Wildman–Crippen MR) is 87.8 cm³/mol. The molecule has 0 radical (unpaired) electrons. The van der Waals surface area contributed by atoms with Gasteiger partial charge in [0.25, 0.3) is 0 Å². The highest BCUT2D eigenvalue weighted by atomic mass is 15.2. The van der Waals surface area contributed by atoms with Crippen molar-refractivity contribution < 1.29 is 0 Å². The molecule has 2 rings (SSSR count). The highest BCUT2D eigenvalue weighted by Crippen LogP contribution is 2.44. The van der Waals surface area contributed by atoms with Crippen molar-refractivity contribution in [2.75, 3.05) is 13.1 Å².